The van der Waals surface area contributed by atoms with E-state index >= 15 is 0 Å². The predicted molar refractivity (Wildman–Crippen MR) is 39.1 cm³/mol. The van der Waals surface area contributed by atoms with E-state index in [0.717, 1.165) is 0 Å². The Morgan fingerprint density at radius 2 is 2.00 bits per heavy atom. The van der Waals surface area contributed by atoms with Crippen LogP contribution in [-0.2, 0) is 9.59 Å². The van der Waals surface area contributed by atoms with Crippen molar-refractivity contribution in [2.45, 2.75) is 13.3 Å². The van der Waals surface area contributed by atoms with Gasteiger partial charge >= 0.3 is 12.0 Å². The maximum Gasteiger partial charge on any atom is 0.318 e. The van der Waals surface area contributed by atoms with Gasteiger partial charge in [0.25, 0.3) is 0 Å². The lowest BCUT2D eigenvalue weighted by atomic mass is 10.1. The fourth-order valence-corrected chi connectivity index (χ4v) is 0.599. The SMILES string of the molecule is CC(CC(=O)O)C(=O)NC(N)=O. The minimum atomic E-state index is -1.10. The third-order valence-corrected chi connectivity index (χ3v) is 1.17. The highest BCUT2D eigenvalue weighted by molar-refractivity contribution is 5.95. The molecular formula is C6H10N2O4. The number of rotatable bonds is 3. The number of amides is 3. The van der Waals surface area contributed by atoms with Crippen molar-refractivity contribution in [2.75, 3.05) is 0 Å². The summed E-state index contributed by atoms with van der Waals surface area (Å²) in [5.41, 5.74) is 4.64. The molecular weight excluding hydrogens is 164 g/mol. The van der Waals surface area contributed by atoms with Gasteiger partial charge < -0.3 is 10.8 Å². The highest BCUT2D eigenvalue weighted by atomic mass is 16.4. The summed E-state index contributed by atoms with van der Waals surface area (Å²) >= 11 is 0. The Bertz CT molecular complexity index is 214. The molecule has 0 spiro atoms. The first kappa shape index (κ1) is 10.4. The van der Waals surface area contributed by atoms with Crippen molar-refractivity contribution < 1.29 is 19.5 Å². The van der Waals surface area contributed by atoms with Gasteiger partial charge in [0, 0.05) is 5.92 Å². The monoisotopic (exact) mass is 174 g/mol. The van der Waals surface area contributed by atoms with Gasteiger partial charge in [-0.15, -0.1) is 0 Å². The molecule has 0 aromatic rings. The molecule has 0 bridgehead atoms. The molecule has 0 aliphatic carbocycles. The Balaban J connectivity index is 3.93. The number of carbonyl (C=O) groups excluding carboxylic acids is 2. The van der Waals surface area contributed by atoms with E-state index in [-0.39, 0.29) is 6.42 Å². The average Bonchev–Trinajstić information content (AvgIpc) is 1.84. The van der Waals surface area contributed by atoms with E-state index in [1.54, 1.807) is 5.32 Å². The van der Waals surface area contributed by atoms with Gasteiger partial charge in [0.1, 0.15) is 0 Å². The van der Waals surface area contributed by atoms with E-state index in [1.165, 1.54) is 6.92 Å². The molecule has 1 atom stereocenters. The van der Waals surface area contributed by atoms with Gasteiger partial charge in [-0.2, -0.15) is 0 Å². The van der Waals surface area contributed by atoms with Crippen LogP contribution in [0, 0.1) is 5.92 Å². The van der Waals surface area contributed by atoms with Gasteiger partial charge in [-0.25, -0.2) is 4.79 Å². The molecule has 3 amide bonds. The van der Waals surface area contributed by atoms with Crippen LogP contribution in [0.5, 0.6) is 0 Å². The van der Waals surface area contributed by atoms with E-state index in [0.29, 0.717) is 0 Å². The first-order valence-electron chi connectivity index (χ1n) is 3.25. The van der Waals surface area contributed by atoms with Crippen LogP contribution in [0.15, 0.2) is 0 Å². The van der Waals surface area contributed by atoms with Crippen molar-refractivity contribution >= 4 is 17.9 Å². The largest absolute Gasteiger partial charge is 0.481 e. The lowest BCUT2D eigenvalue weighted by Gasteiger charge is -2.06. The summed E-state index contributed by atoms with van der Waals surface area (Å²) in [7, 11) is 0. The summed E-state index contributed by atoms with van der Waals surface area (Å²) in [5, 5.41) is 10.1. The van der Waals surface area contributed by atoms with E-state index in [9.17, 15) is 14.4 Å². The van der Waals surface area contributed by atoms with Gasteiger partial charge in [-0.1, -0.05) is 6.92 Å². The zero-order valence-corrected chi connectivity index (χ0v) is 6.53. The van der Waals surface area contributed by atoms with E-state index < -0.39 is 23.8 Å². The number of primary amides is 1. The molecule has 0 rings (SSSR count). The van der Waals surface area contributed by atoms with Crippen molar-refractivity contribution in [3.05, 3.63) is 0 Å². The predicted octanol–water partition coefficient (Wildman–Crippen LogP) is -0.708. The molecule has 0 saturated carbocycles. The van der Waals surface area contributed by atoms with Crippen molar-refractivity contribution in [2.24, 2.45) is 11.7 Å². The molecule has 0 saturated heterocycles. The van der Waals surface area contributed by atoms with E-state index in [2.05, 4.69) is 5.73 Å². The standard InChI is InChI=1S/C6H10N2O4/c1-3(2-4(9)10)5(11)8-6(7)12/h3H,2H2,1H3,(H,9,10)(H3,7,8,11,12). The number of nitrogens with one attached hydrogen (secondary N) is 1. The maximum atomic E-state index is 10.8. The van der Waals surface area contributed by atoms with E-state index in [4.69, 9.17) is 5.11 Å². The second kappa shape index (κ2) is 4.32. The van der Waals surface area contributed by atoms with E-state index in [1.807, 2.05) is 0 Å². The molecule has 0 aliphatic heterocycles. The van der Waals surface area contributed by atoms with Crippen molar-refractivity contribution in [1.29, 1.82) is 0 Å². The smallest absolute Gasteiger partial charge is 0.318 e. The summed E-state index contributed by atoms with van der Waals surface area (Å²) in [6.45, 7) is 1.40. The Kier molecular flexibility index (Phi) is 3.75. The molecule has 0 aromatic carbocycles. The Morgan fingerprint density at radius 1 is 1.50 bits per heavy atom. The number of hydrogen-bond donors (Lipinski definition) is 3. The Hall–Kier alpha value is -1.59. The van der Waals surface area contributed by atoms with Crippen LogP contribution in [0.1, 0.15) is 13.3 Å². The molecule has 68 valence electrons. The first-order valence-corrected chi connectivity index (χ1v) is 3.25. The molecule has 0 aliphatic rings. The van der Waals surface area contributed by atoms with Crippen molar-refractivity contribution in [3.63, 3.8) is 0 Å². The number of carboxylic acids is 1. The number of aliphatic carboxylic acids is 1. The van der Waals surface area contributed by atoms with Gasteiger partial charge in [0.2, 0.25) is 5.91 Å². The molecule has 6 nitrogen and oxygen atoms in total. The van der Waals surface area contributed by atoms with Gasteiger partial charge in [0.15, 0.2) is 0 Å². The molecule has 0 radical (unpaired) electrons. The van der Waals surface area contributed by atoms with Crippen LogP contribution in [0.2, 0.25) is 0 Å². The number of imide groups is 1. The zero-order valence-electron chi connectivity index (χ0n) is 6.53. The first-order chi connectivity index (χ1) is 5.43. The topological polar surface area (TPSA) is 109 Å². The summed E-state index contributed by atoms with van der Waals surface area (Å²) in [5.74, 6) is -2.53. The average molecular weight is 174 g/mol. The van der Waals surface area contributed by atoms with Gasteiger partial charge in [-0.3, -0.25) is 14.9 Å². The number of hydrogen-bond acceptors (Lipinski definition) is 3. The summed E-state index contributed by atoms with van der Waals surface area (Å²) in [4.78, 5) is 31.1. The van der Waals surface area contributed by atoms with Crippen molar-refractivity contribution in [1.82, 2.24) is 5.32 Å². The Labute approximate surface area is 68.7 Å². The summed E-state index contributed by atoms with van der Waals surface area (Å²) in [6, 6.07) is -0.975. The molecule has 0 aromatic heterocycles. The maximum absolute atomic E-state index is 10.8. The lowest BCUT2D eigenvalue weighted by molar-refractivity contribution is -0.140. The number of carboxylic acid groups (broad SMARTS) is 1. The second-order valence-corrected chi connectivity index (χ2v) is 2.35. The molecule has 4 N–H and O–H groups in total. The van der Waals surface area contributed by atoms with Crippen LogP contribution in [0.25, 0.3) is 0 Å². The molecule has 1 unspecified atom stereocenters. The summed E-state index contributed by atoms with van der Waals surface area (Å²) < 4.78 is 0. The minimum Gasteiger partial charge on any atom is -0.481 e. The van der Waals surface area contributed by atoms with Crippen molar-refractivity contribution in [3.8, 4) is 0 Å². The Morgan fingerprint density at radius 3 is 2.33 bits per heavy atom. The zero-order chi connectivity index (χ0) is 9.72. The van der Waals surface area contributed by atoms with Crippen LogP contribution in [0.3, 0.4) is 0 Å². The quantitative estimate of drug-likeness (QED) is 0.525. The number of urea groups is 1. The van der Waals surface area contributed by atoms with Crippen LogP contribution >= 0.6 is 0 Å². The highest BCUT2D eigenvalue weighted by Crippen LogP contribution is 2.00. The fourth-order valence-electron chi connectivity index (χ4n) is 0.599. The normalized spacial score (nSPS) is 11.8. The van der Waals surface area contributed by atoms with Gasteiger partial charge in [0.05, 0.1) is 6.42 Å². The second-order valence-electron chi connectivity index (χ2n) is 2.35. The van der Waals surface area contributed by atoms with Gasteiger partial charge in [-0.05, 0) is 0 Å². The fraction of sp³-hybridized carbons (Fsp3) is 0.500. The number of nitrogens with two attached hydrogens (primary N) is 1. The van der Waals surface area contributed by atoms with Crippen LogP contribution in [0.4, 0.5) is 4.79 Å². The lowest BCUT2D eigenvalue weighted by Crippen LogP contribution is -2.38. The third kappa shape index (κ3) is 4.26. The van der Waals surface area contributed by atoms with Crippen LogP contribution in [-0.4, -0.2) is 23.0 Å². The third-order valence-electron chi connectivity index (χ3n) is 1.17. The molecule has 0 heterocycles. The van der Waals surface area contributed by atoms with Crippen LogP contribution < -0.4 is 11.1 Å². The summed E-state index contributed by atoms with van der Waals surface area (Å²) in [6.07, 6.45) is -0.320. The molecule has 0 fully saturated rings. The molecule has 6 heteroatoms. The molecule has 12 heavy (non-hydrogen) atoms. The number of carbonyl (C=O) groups is 3. The minimum absolute atomic E-state index is 0.320. The highest BCUT2D eigenvalue weighted by Gasteiger charge is 2.17.